The number of aromatic nitrogens is 1. The highest BCUT2D eigenvalue weighted by molar-refractivity contribution is 5.76. The Kier molecular flexibility index (Phi) is 5.91. The zero-order valence-electron chi connectivity index (χ0n) is 15.4. The number of pyridine rings is 1. The summed E-state index contributed by atoms with van der Waals surface area (Å²) < 4.78 is 0. The van der Waals surface area contributed by atoms with Gasteiger partial charge in [-0.05, 0) is 44.9 Å². The van der Waals surface area contributed by atoms with Crippen molar-refractivity contribution < 1.29 is 9.90 Å². The smallest absolute Gasteiger partial charge is 0.222 e. The van der Waals surface area contributed by atoms with Gasteiger partial charge in [-0.15, -0.1) is 0 Å². The standard InChI is InChI=1S/C19H30N4O2/c1-15(24)17-4-3-5-18(20-17)22-8-6-16(7-9-22)14-19(25)23-12-10-21(2)11-13-23/h3-5,15-16,24H,6-14H2,1-2H3. The van der Waals surface area contributed by atoms with Crippen molar-refractivity contribution in [2.24, 2.45) is 5.92 Å². The fourth-order valence-corrected chi connectivity index (χ4v) is 3.65. The Morgan fingerprint density at radius 1 is 1.20 bits per heavy atom. The van der Waals surface area contributed by atoms with E-state index in [9.17, 15) is 9.90 Å². The molecule has 2 fully saturated rings. The van der Waals surface area contributed by atoms with Gasteiger partial charge in [-0.1, -0.05) is 6.07 Å². The molecule has 6 heteroatoms. The molecule has 1 N–H and O–H groups in total. The van der Waals surface area contributed by atoms with Gasteiger partial charge in [0.1, 0.15) is 5.82 Å². The summed E-state index contributed by atoms with van der Waals surface area (Å²) >= 11 is 0. The molecule has 0 radical (unpaired) electrons. The van der Waals surface area contributed by atoms with Crippen LogP contribution in [-0.2, 0) is 4.79 Å². The van der Waals surface area contributed by atoms with Crippen LogP contribution in [-0.4, -0.2) is 72.1 Å². The minimum absolute atomic E-state index is 0.320. The normalized spacial score (nSPS) is 21.4. The molecular formula is C19H30N4O2. The van der Waals surface area contributed by atoms with Gasteiger partial charge >= 0.3 is 0 Å². The maximum atomic E-state index is 12.5. The molecule has 3 heterocycles. The van der Waals surface area contributed by atoms with Crippen LogP contribution in [0, 0.1) is 5.92 Å². The minimum atomic E-state index is -0.543. The van der Waals surface area contributed by atoms with Gasteiger partial charge in [-0.2, -0.15) is 0 Å². The third-order valence-corrected chi connectivity index (χ3v) is 5.44. The first-order valence-corrected chi connectivity index (χ1v) is 9.39. The van der Waals surface area contributed by atoms with Gasteiger partial charge in [0.15, 0.2) is 0 Å². The van der Waals surface area contributed by atoms with Crippen molar-refractivity contribution in [2.45, 2.75) is 32.3 Å². The molecule has 1 aromatic rings. The number of nitrogens with zero attached hydrogens (tertiary/aromatic N) is 4. The quantitative estimate of drug-likeness (QED) is 0.896. The van der Waals surface area contributed by atoms with Gasteiger partial charge in [-0.3, -0.25) is 4.79 Å². The lowest BCUT2D eigenvalue weighted by molar-refractivity contribution is -0.133. The van der Waals surface area contributed by atoms with Crippen LogP contribution < -0.4 is 4.90 Å². The SMILES string of the molecule is CC(O)c1cccc(N2CCC(CC(=O)N3CCN(C)CC3)CC2)n1. The largest absolute Gasteiger partial charge is 0.387 e. The third-order valence-electron chi connectivity index (χ3n) is 5.44. The predicted molar refractivity (Wildman–Crippen MR) is 98.5 cm³/mol. The first kappa shape index (κ1) is 18.1. The average Bonchev–Trinajstić information content (AvgIpc) is 2.63. The van der Waals surface area contributed by atoms with Crippen LogP contribution in [0.25, 0.3) is 0 Å². The molecule has 1 unspecified atom stereocenters. The van der Waals surface area contributed by atoms with E-state index in [2.05, 4.69) is 21.8 Å². The van der Waals surface area contributed by atoms with Crippen LogP contribution in [0.1, 0.15) is 38.0 Å². The molecule has 1 atom stereocenters. The number of likely N-dealkylation sites (N-methyl/N-ethyl adjacent to an activating group) is 1. The van der Waals surface area contributed by atoms with Crippen molar-refractivity contribution in [3.8, 4) is 0 Å². The zero-order chi connectivity index (χ0) is 17.8. The van der Waals surface area contributed by atoms with Gasteiger partial charge in [-0.25, -0.2) is 4.98 Å². The number of aliphatic hydroxyl groups is 1. The summed E-state index contributed by atoms with van der Waals surface area (Å²) in [6.45, 7) is 7.29. The summed E-state index contributed by atoms with van der Waals surface area (Å²) in [5.74, 6) is 1.73. The lowest BCUT2D eigenvalue weighted by Crippen LogP contribution is -2.47. The first-order valence-electron chi connectivity index (χ1n) is 9.39. The van der Waals surface area contributed by atoms with Crippen LogP contribution in [0.3, 0.4) is 0 Å². The third kappa shape index (κ3) is 4.70. The van der Waals surface area contributed by atoms with Crippen LogP contribution in [0.2, 0.25) is 0 Å². The molecule has 138 valence electrons. The van der Waals surface area contributed by atoms with E-state index in [-0.39, 0.29) is 0 Å². The Hall–Kier alpha value is -1.66. The van der Waals surface area contributed by atoms with E-state index in [4.69, 9.17) is 0 Å². The summed E-state index contributed by atoms with van der Waals surface area (Å²) in [6.07, 6.45) is 2.19. The Balaban J connectivity index is 1.48. The molecule has 6 nitrogen and oxygen atoms in total. The molecule has 0 bridgehead atoms. The number of aliphatic hydroxyl groups excluding tert-OH is 1. The van der Waals surface area contributed by atoms with Crippen molar-refractivity contribution in [2.75, 3.05) is 51.2 Å². The first-order chi connectivity index (χ1) is 12.0. The second kappa shape index (κ2) is 8.15. The minimum Gasteiger partial charge on any atom is -0.387 e. The monoisotopic (exact) mass is 346 g/mol. The number of carbonyl (C=O) groups is 1. The highest BCUT2D eigenvalue weighted by Gasteiger charge is 2.26. The molecule has 0 saturated carbocycles. The number of amides is 1. The zero-order valence-corrected chi connectivity index (χ0v) is 15.4. The predicted octanol–water partition coefficient (Wildman–Crippen LogP) is 1.52. The topological polar surface area (TPSA) is 59.9 Å². The Morgan fingerprint density at radius 2 is 1.88 bits per heavy atom. The second-order valence-corrected chi connectivity index (χ2v) is 7.42. The number of anilines is 1. The number of carbonyl (C=O) groups excluding carboxylic acids is 1. The lowest BCUT2D eigenvalue weighted by Gasteiger charge is -2.36. The summed E-state index contributed by atoms with van der Waals surface area (Å²) in [5.41, 5.74) is 0.713. The van der Waals surface area contributed by atoms with Crippen molar-refractivity contribution >= 4 is 11.7 Å². The Bertz CT molecular complexity index is 577. The van der Waals surface area contributed by atoms with E-state index in [0.29, 0.717) is 23.9 Å². The molecule has 2 aliphatic heterocycles. The molecule has 0 aliphatic carbocycles. The molecule has 0 aromatic carbocycles. The fourth-order valence-electron chi connectivity index (χ4n) is 3.65. The highest BCUT2D eigenvalue weighted by atomic mass is 16.3. The summed E-state index contributed by atoms with van der Waals surface area (Å²) in [7, 11) is 2.11. The van der Waals surface area contributed by atoms with Crippen LogP contribution in [0.15, 0.2) is 18.2 Å². The highest BCUT2D eigenvalue weighted by Crippen LogP contribution is 2.25. The van der Waals surface area contributed by atoms with E-state index >= 15 is 0 Å². The van der Waals surface area contributed by atoms with E-state index in [1.165, 1.54) is 0 Å². The summed E-state index contributed by atoms with van der Waals surface area (Å²) in [5, 5.41) is 9.70. The molecule has 2 aliphatic rings. The van der Waals surface area contributed by atoms with E-state index in [1.807, 2.05) is 23.1 Å². The maximum Gasteiger partial charge on any atom is 0.222 e. The molecule has 2 saturated heterocycles. The van der Waals surface area contributed by atoms with E-state index in [0.717, 1.165) is 57.9 Å². The molecule has 3 rings (SSSR count). The van der Waals surface area contributed by atoms with Gasteiger partial charge in [0.25, 0.3) is 0 Å². The summed E-state index contributed by atoms with van der Waals surface area (Å²) in [4.78, 5) is 23.6. The average molecular weight is 346 g/mol. The number of hydrogen-bond acceptors (Lipinski definition) is 5. The second-order valence-electron chi connectivity index (χ2n) is 7.42. The van der Waals surface area contributed by atoms with Crippen LogP contribution >= 0.6 is 0 Å². The molecule has 1 amide bonds. The van der Waals surface area contributed by atoms with Crippen molar-refractivity contribution in [1.82, 2.24) is 14.8 Å². The van der Waals surface area contributed by atoms with Gasteiger partial charge in [0.05, 0.1) is 11.8 Å². The molecule has 0 spiro atoms. The fraction of sp³-hybridized carbons (Fsp3) is 0.684. The number of piperidine rings is 1. The number of piperazine rings is 1. The van der Waals surface area contributed by atoms with Crippen molar-refractivity contribution in [1.29, 1.82) is 0 Å². The Morgan fingerprint density at radius 3 is 2.52 bits per heavy atom. The van der Waals surface area contributed by atoms with Gasteiger partial charge in [0.2, 0.25) is 5.91 Å². The van der Waals surface area contributed by atoms with E-state index in [1.54, 1.807) is 6.92 Å². The number of hydrogen-bond donors (Lipinski definition) is 1. The van der Waals surface area contributed by atoms with Crippen molar-refractivity contribution in [3.05, 3.63) is 23.9 Å². The van der Waals surface area contributed by atoms with Crippen LogP contribution in [0.4, 0.5) is 5.82 Å². The molecular weight excluding hydrogens is 316 g/mol. The lowest BCUT2D eigenvalue weighted by atomic mass is 9.93. The van der Waals surface area contributed by atoms with Crippen molar-refractivity contribution in [3.63, 3.8) is 0 Å². The van der Waals surface area contributed by atoms with Gasteiger partial charge < -0.3 is 19.8 Å². The summed E-state index contributed by atoms with van der Waals surface area (Å²) in [6, 6.07) is 5.81. The Labute approximate surface area is 150 Å². The van der Waals surface area contributed by atoms with Gasteiger partial charge in [0, 0.05) is 45.7 Å². The molecule has 25 heavy (non-hydrogen) atoms. The van der Waals surface area contributed by atoms with Crippen LogP contribution in [0.5, 0.6) is 0 Å². The number of rotatable bonds is 4. The maximum absolute atomic E-state index is 12.5. The van der Waals surface area contributed by atoms with E-state index < -0.39 is 6.10 Å². The molecule has 1 aromatic heterocycles.